The molecule has 0 aliphatic heterocycles. The maximum atomic E-state index is 12.2. The number of hydrogen-bond donors (Lipinski definition) is 2. The van der Waals surface area contributed by atoms with Crippen LogP contribution in [0.2, 0.25) is 0 Å². The summed E-state index contributed by atoms with van der Waals surface area (Å²) in [5.74, 6) is 0.357. The van der Waals surface area contributed by atoms with E-state index in [4.69, 9.17) is 9.47 Å². The van der Waals surface area contributed by atoms with Crippen molar-refractivity contribution in [2.45, 2.75) is 0 Å². The fourth-order valence-corrected chi connectivity index (χ4v) is 1.81. The minimum atomic E-state index is -0.451. The SMILES string of the molecule is COc1cccc(NC(=O)c2c(O)cccc2OC)c1. The fourth-order valence-electron chi connectivity index (χ4n) is 1.81. The lowest BCUT2D eigenvalue weighted by atomic mass is 10.1. The normalized spacial score (nSPS) is 9.90. The largest absolute Gasteiger partial charge is 0.507 e. The molecular formula is C15H15NO4. The number of aromatic hydroxyl groups is 1. The summed E-state index contributed by atoms with van der Waals surface area (Å²) in [6, 6.07) is 11.6. The molecule has 2 aromatic rings. The van der Waals surface area contributed by atoms with Crippen LogP contribution in [-0.2, 0) is 0 Å². The number of nitrogens with one attached hydrogen (secondary N) is 1. The molecule has 104 valence electrons. The Kier molecular flexibility index (Phi) is 4.10. The predicted octanol–water partition coefficient (Wildman–Crippen LogP) is 2.66. The van der Waals surface area contributed by atoms with Gasteiger partial charge in [0.05, 0.1) is 14.2 Å². The highest BCUT2D eigenvalue weighted by Crippen LogP contribution is 2.28. The van der Waals surface area contributed by atoms with Gasteiger partial charge in [0.1, 0.15) is 22.8 Å². The predicted molar refractivity (Wildman–Crippen MR) is 75.6 cm³/mol. The van der Waals surface area contributed by atoms with Gasteiger partial charge in [0.15, 0.2) is 0 Å². The Morgan fingerprint density at radius 1 is 1.10 bits per heavy atom. The van der Waals surface area contributed by atoms with Crippen molar-refractivity contribution in [3.05, 3.63) is 48.0 Å². The fraction of sp³-hybridized carbons (Fsp3) is 0.133. The molecule has 2 N–H and O–H groups in total. The van der Waals surface area contributed by atoms with Gasteiger partial charge in [-0.15, -0.1) is 0 Å². The van der Waals surface area contributed by atoms with E-state index in [1.807, 2.05) is 0 Å². The van der Waals surface area contributed by atoms with E-state index in [2.05, 4.69) is 5.32 Å². The number of amides is 1. The second kappa shape index (κ2) is 5.97. The van der Waals surface area contributed by atoms with Crippen LogP contribution in [0.1, 0.15) is 10.4 Å². The molecule has 2 rings (SSSR count). The molecule has 0 radical (unpaired) electrons. The average Bonchev–Trinajstić information content (AvgIpc) is 2.46. The van der Waals surface area contributed by atoms with Gasteiger partial charge in [0, 0.05) is 11.8 Å². The van der Waals surface area contributed by atoms with Crippen molar-refractivity contribution >= 4 is 11.6 Å². The molecule has 0 aliphatic rings. The van der Waals surface area contributed by atoms with Crippen molar-refractivity contribution in [1.29, 1.82) is 0 Å². The molecule has 5 nitrogen and oxygen atoms in total. The van der Waals surface area contributed by atoms with Crippen molar-refractivity contribution in [2.75, 3.05) is 19.5 Å². The molecule has 0 aromatic heterocycles. The summed E-state index contributed by atoms with van der Waals surface area (Å²) in [5, 5.41) is 12.5. The van der Waals surface area contributed by atoms with E-state index in [-0.39, 0.29) is 11.3 Å². The summed E-state index contributed by atoms with van der Waals surface area (Å²) in [4.78, 5) is 12.2. The summed E-state index contributed by atoms with van der Waals surface area (Å²) in [6.07, 6.45) is 0. The van der Waals surface area contributed by atoms with Gasteiger partial charge in [-0.2, -0.15) is 0 Å². The number of ether oxygens (including phenoxy) is 2. The van der Waals surface area contributed by atoms with Gasteiger partial charge >= 0.3 is 0 Å². The topological polar surface area (TPSA) is 67.8 Å². The maximum absolute atomic E-state index is 12.2. The molecule has 2 aromatic carbocycles. The maximum Gasteiger partial charge on any atom is 0.263 e. The number of hydrogen-bond acceptors (Lipinski definition) is 4. The smallest absolute Gasteiger partial charge is 0.263 e. The Balaban J connectivity index is 2.28. The first-order chi connectivity index (χ1) is 9.65. The second-order valence-electron chi connectivity index (χ2n) is 4.04. The number of methoxy groups -OCH3 is 2. The molecule has 1 amide bonds. The minimum absolute atomic E-state index is 0.0952. The highest BCUT2D eigenvalue weighted by Gasteiger charge is 2.17. The monoisotopic (exact) mass is 273 g/mol. The molecule has 0 heterocycles. The van der Waals surface area contributed by atoms with Gasteiger partial charge in [0.2, 0.25) is 0 Å². The van der Waals surface area contributed by atoms with E-state index in [1.165, 1.54) is 13.2 Å². The highest BCUT2D eigenvalue weighted by atomic mass is 16.5. The summed E-state index contributed by atoms with van der Waals surface area (Å²) < 4.78 is 10.2. The highest BCUT2D eigenvalue weighted by molar-refractivity contribution is 6.08. The number of carbonyl (C=O) groups is 1. The Labute approximate surface area is 116 Å². The summed E-state index contributed by atoms with van der Waals surface area (Å²) in [6.45, 7) is 0. The molecular weight excluding hydrogens is 258 g/mol. The number of anilines is 1. The Morgan fingerprint density at radius 2 is 1.85 bits per heavy atom. The van der Waals surface area contributed by atoms with Gasteiger partial charge in [-0.25, -0.2) is 0 Å². The number of phenolic OH excluding ortho intramolecular Hbond substituents is 1. The molecule has 0 bridgehead atoms. The van der Waals surface area contributed by atoms with E-state index in [0.29, 0.717) is 17.2 Å². The lowest BCUT2D eigenvalue weighted by molar-refractivity contribution is 0.102. The van der Waals surface area contributed by atoms with Crippen LogP contribution in [0.25, 0.3) is 0 Å². The minimum Gasteiger partial charge on any atom is -0.507 e. The average molecular weight is 273 g/mol. The van der Waals surface area contributed by atoms with Crippen LogP contribution < -0.4 is 14.8 Å². The third-order valence-corrected chi connectivity index (χ3v) is 2.78. The molecule has 0 fully saturated rings. The molecule has 0 aliphatic carbocycles. The van der Waals surface area contributed by atoms with Crippen LogP contribution in [0, 0.1) is 0 Å². The second-order valence-corrected chi connectivity index (χ2v) is 4.04. The first-order valence-electron chi connectivity index (χ1n) is 5.97. The Morgan fingerprint density at radius 3 is 2.55 bits per heavy atom. The molecule has 0 spiro atoms. The van der Waals surface area contributed by atoms with E-state index in [9.17, 15) is 9.90 Å². The number of carbonyl (C=O) groups excluding carboxylic acids is 1. The number of benzene rings is 2. The van der Waals surface area contributed by atoms with Crippen LogP contribution in [0.5, 0.6) is 17.2 Å². The van der Waals surface area contributed by atoms with Gasteiger partial charge in [-0.1, -0.05) is 12.1 Å². The molecule has 0 atom stereocenters. The lowest BCUT2D eigenvalue weighted by Gasteiger charge is -2.11. The Bertz CT molecular complexity index is 625. The van der Waals surface area contributed by atoms with Crippen molar-refractivity contribution in [1.82, 2.24) is 0 Å². The van der Waals surface area contributed by atoms with Crippen LogP contribution in [-0.4, -0.2) is 25.2 Å². The van der Waals surface area contributed by atoms with Gasteiger partial charge in [-0.05, 0) is 24.3 Å². The van der Waals surface area contributed by atoms with Crippen LogP contribution >= 0.6 is 0 Å². The summed E-state index contributed by atoms with van der Waals surface area (Å²) >= 11 is 0. The first-order valence-corrected chi connectivity index (χ1v) is 5.97. The van der Waals surface area contributed by atoms with Crippen LogP contribution in [0.3, 0.4) is 0 Å². The van der Waals surface area contributed by atoms with Crippen LogP contribution in [0.15, 0.2) is 42.5 Å². The summed E-state index contributed by atoms with van der Waals surface area (Å²) in [7, 11) is 2.99. The van der Waals surface area contributed by atoms with Crippen molar-refractivity contribution < 1.29 is 19.4 Å². The zero-order valence-corrected chi connectivity index (χ0v) is 11.2. The quantitative estimate of drug-likeness (QED) is 0.898. The van der Waals surface area contributed by atoms with Gasteiger partial charge in [-0.3, -0.25) is 4.79 Å². The molecule has 0 unspecified atom stereocenters. The van der Waals surface area contributed by atoms with E-state index in [1.54, 1.807) is 43.5 Å². The third kappa shape index (κ3) is 2.83. The molecule has 0 saturated heterocycles. The number of rotatable bonds is 4. The summed E-state index contributed by atoms with van der Waals surface area (Å²) in [5.41, 5.74) is 0.664. The molecule has 5 heteroatoms. The molecule has 0 saturated carbocycles. The first kappa shape index (κ1) is 13.7. The van der Waals surface area contributed by atoms with E-state index < -0.39 is 5.91 Å². The standard InChI is InChI=1S/C15H15NO4/c1-19-11-6-3-5-10(9-11)16-15(18)14-12(17)7-4-8-13(14)20-2/h3-9,17H,1-2H3,(H,16,18). The van der Waals surface area contributed by atoms with Gasteiger partial charge in [0.25, 0.3) is 5.91 Å². The zero-order valence-electron chi connectivity index (χ0n) is 11.2. The van der Waals surface area contributed by atoms with E-state index >= 15 is 0 Å². The van der Waals surface area contributed by atoms with E-state index in [0.717, 1.165) is 0 Å². The third-order valence-electron chi connectivity index (χ3n) is 2.78. The van der Waals surface area contributed by atoms with Crippen molar-refractivity contribution in [3.8, 4) is 17.2 Å². The van der Waals surface area contributed by atoms with Crippen molar-refractivity contribution in [2.24, 2.45) is 0 Å². The van der Waals surface area contributed by atoms with Gasteiger partial charge < -0.3 is 19.9 Å². The lowest BCUT2D eigenvalue weighted by Crippen LogP contribution is -2.13. The number of phenols is 1. The Hall–Kier alpha value is -2.69. The van der Waals surface area contributed by atoms with Crippen LogP contribution in [0.4, 0.5) is 5.69 Å². The molecule has 20 heavy (non-hydrogen) atoms. The zero-order chi connectivity index (χ0) is 14.5. The van der Waals surface area contributed by atoms with Crippen molar-refractivity contribution in [3.63, 3.8) is 0 Å².